The second-order valence-electron chi connectivity index (χ2n) is 3.93. The molecule has 0 aliphatic heterocycles. The van der Waals surface area contributed by atoms with E-state index in [0.29, 0.717) is 11.5 Å². The Balaban J connectivity index is 2.15. The number of ether oxygens (including phenoxy) is 2. The first-order valence-electron chi connectivity index (χ1n) is 5.96. The third kappa shape index (κ3) is 3.73. The van der Waals surface area contributed by atoms with Crippen LogP contribution in [-0.4, -0.2) is 26.0 Å². The van der Waals surface area contributed by atoms with Gasteiger partial charge in [-0.2, -0.15) is 0 Å². The molecule has 0 spiro atoms. The Morgan fingerprint density at radius 2 is 1.86 bits per heavy atom. The summed E-state index contributed by atoms with van der Waals surface area (Å²) in [4.78, 5) is 17.5. The number of carbonyl (C=O) groups is 1. The summed E-state index contributed by atoms with van der Waals surface area (Å²) in [7, 11) is 2.99. The molecule has 6 nitrogen and oxygen atoms in total. The van der Waals surface area contributed by atoms with Crippen molar-refractivity contribution in [1.82, 2.24) is 0 Å². The number of carbonyl (C=O) groups excluding carboxylic acids is 1. The lowest BCUT2D eigenvalue weighted by atomic mass is 10.2. The average Bonchev–Trinajstić information content (AvgIpc) is 3.06. The van der Waals surface area contributed by atoms with Gasteiger partial charge in [0.05, 0.1) is 24.7 Å². The molecule has 0 saturated carbocycles. The molecule has 2 N–H and O–H groups in total. The van der Waals surface area contributed by atoms with E-state index in [-0.39, 0.29) is 11.4 Å². The number of benzene rings is 1. The van der Waals surface area contributed by atoms with Gasteiger partial charge in [-0.15, -0.1) is 11.3 Å². The lowest BCUT2D eigenvalue weighted by Crippen LogP contribution is -2.13. The van der Waals surface area contributed by atoms with E-state index in [4.69, 9.17) is 20.0 Å². The van der Waals surface area contributed by atoms with E-state index < -0.39 is 5.97 Å². The monoisotopic (exact) mass is 306 g/mol. The van der Waals surface area contributed by atoms with Gasteiger partial charge in [-0.25, -0.2) is 4.79 Å². The van der Waals surface area contributed by atoms with Crippen LogP contribution >= 0.6 is 11.3 Å². The van der Waals surface area contributed by atoms with Crippen molar-refractivity contribution < 1.29 is 19.1 Å². The maximum Gasteiger partial charge on any atom is 0.366 e. The molecule has 2 aromatic rings. The summed E-state index contributed by atoms with van der Waals surface area (Å²) in [5.41, 5.74) is 5.97. The highest BCUT2D eigenvalue weighted by Gasteiger charge is 2.12. The van der Waals surface area contributed by atoms with Crippen LogP contribution in [0.1, 0.15) is 15.2 Å². The number of nitrogens with zero attached hydrogens (tertiary/aromatic N) is 1. The quantitative estimate of drug-likeness (QED) is 0.396. The van der Waals surface area contributed by atoms with Gasteiger partial charge in [-0.1, -0.05) is 11.2 Å². The second kappa shape index (κ2) is 6.76. The minimum atomic E-state index is -0.647. The lowest BCUT2D eigenvalue weighted by molar-refractivity contribution is 0.0515. The summed E-state index contributed by atoms with van der Waals surface area (Å²) >= 11 is 1.40. The molecule has 7 heteroatoms. The second-order valence-corrected chi connectivity index (χ2v) is 4.88. The molecule has 0 aliphatic carbocycles. The molecule has 0 fully saturated rings. The Kier molecular flexibility index (Phi) is 4.78. The number of nitrogens with two attached hydrogens (primary N) is 1. The molecule has 1 aromatic carbocycles. The predicted octanol–water partition coefficient (Wildman–Crippen LogP) is 2.24. The van der Waals surface area contributed by atoms with Gasteiger partial charge >= 0.3 is 5.97 Å². The van der Waals surface area contributed by atoms with Gasteiger partial charge in [0.15, 0.2) is 5.84 Å². The molecule has 0 aliphatic rings. The minimum Gasteiger partial charge on any atom is -0.497 e. The normalized spacial score (nSPS) is 11.0. The molecule has 0 bridgehead atoms. The first-order valence-corrected chi connectivity index (χ1v) is 6.83. The van der Waals surface area contributed by atoms with Gasteiger partial charge in [0.25, 0.3) is 0 Å². The van der Waals surface area contributed by atoms with Crippen molar-refractivity contribution in [2.75, 3.05) is 14.2 Å². The van der Waals surface area contributed by atoms with Crippen molar-refractivity contribution in [2.24, 2.45) is 10.9 Å². The third-order valence-corrected chi connectivity index (χ3v) is 3.48. The predicted molar refractivity (Wildman–Crippen MR) is 80.0 cm³/mol. The summed E-state index contributed by atoms with van der Waals surface area (Å²) in [6.45, 7) is 0. The van der Waals surface area contributed by atoms with Gasteiger partial charge < -0.3 is 20.0 Å². The molecular weight excluding hydrogens is 292 g/mol. The summed E-state index contributed by atoms with van der Waals surface area (Å²) < 4.78 is 10.2. The van der Waals surface area contributed by atoms with Gasteiger partial charge in [-0.05, 0) is 23.6 Å². The van der Waals surface area contributed by atoms with E-state index in [1.807, 2.05) is 11.4 Å². The van der Waals surface area contributed by atoms with E-state index in [1.165, 1.54) is 37.7 Å². The molecule has 0 unspecified atom stereocenters. The standard InChI is InChI=1S/C14H14N2O4S/c1-18-10-6-9(7-11(8-10)19-2)14(17)20-16-13(15)12-4-3-5-21-12/h3-8H,1-2H3,(H2,15,16). The van der Waals surface area contributed by atoms with Crippen molar-refractivity contribution >= 4 is 23.1 Å². The molecule has 1 heterocycles. The highest BCUT2D eigenvalue weighted by Crippen LogP contribution is 2.23. The maximum absolute atomic E-state index is 12.0. The number of hydrogen-bond donors (Lipinski definition) is 1. The average molecular weight is 306 g/mol. The number of methoxy groups -OCH3 is 2. The summed E-state index contributed by atoms with van der Waals surface area (Å²) in [6, 6.07) is 8.33. The number of rotatable bonds is 5. The SMILES string of the molecule is COc1cc(OC)cc(C(=O)O/N=C(\N)c2cccs2)c1. The largest absolute Gasteiger partial charge is 0.497 e. The van der Waals surface area contributed by atoms with Crippen LogP contribution in [0.25, 0.3) is 0 Å². The summed E-state index contributed by atoms with van der Waals surface area (Å²) in [5.74, 6) is 0.466. The molecule has 21 heavy (non-hydrogen) atoms. The van der Waals surface area contributed by atoms with E-state index in [9.17, 15) is 4.79 Å². The zero-order valence-electron chi connectivity index (χ0n) is 11.5. The molecule has 2 rings (SSSR count). The molecule has 1 aromatic heterocycles. The van der Waals surface area contributed by atoms with Gasteiger partial charge in [0.2, 0.25) is 0 Å². The van der Waals surface area contributed by atoms with Gasteiger partial charge in [-0.3, -0.25) is 0 Å². The molecule has 0 radical (unpaired) electrons. The zero-order valence-corrected chi connectivity index (χ0v) is 12.3. The van der Waals surface area contributed by atoms with Crippen LogP contribution in [-0.2, 0) is 4.84 Å². The molecule has 0 atom stereocenters. The molecule has 0 amide bonds. The van der Waals surface area contributed by atoms with E-state index in [0.717, 1.165) is 4.88 Å². The van der Waals surface area contributed by atoms with Crippen LogP contribution in [0.15, 0.2) is 40.9 Å². The van der Waals surface area contributed by atoms with E-state index >= 15 is 0 Å². The number of thiophene rings is 1. The van der Waals surface area contributed by atoms with Crippen molar-refractivity contribution in [1.29, 1.82) is 0 Å². The Morgan fingerprint density at radius 3 is 2.38 bits per heavy atom. The van der Waals surface area contributed by atoms with Crippen LogP contribution in [0.4, 0.5) is 0 Å². The van der Waals surface area contributed by atoms with Crippen LogP contribution in [0.2, 0.25) is 0 Å². The van der Waals surface area contributed by atoms with Crippen LogP contribution in [0.5, 0.6) is 11.5 Å². The van der Waals surface area contributed by atoms with Gasteiger partial charge in [0.1, 0.15) is 11.5 Å². The number of hydrogen-bond acceptors (Lipinski definition) is 6. The fourth-order valence-corrected chi connectivity index (χ4v) is 2.16. The van der Waals surface area contributed by atoms with E-state index in [1.54, 1.807) is 12.1 Å². The van der Waals surface area contributed by atoms with Crippen LogP contribution in [0, 0.1) is 0 Å². The number of amidine groups is 1. The smallest absolute Gasteiger partial charge is 0.366 e. The first kappa shape index (κ1) is 14.9. The van der Waals surface area contributed by atoms with E-state index in [2.05, 4.69) is 5.16 Å². The maximum atomic E-state index is 12.0. The van der Waals surface area contributed by atoms with Crippen LogP contribution in [0.3, 0.4) is 0 Å². The Bertz CT molecular complexity index is 631. The third-order valence-electron chi connectivity index (χ3n) is 2.59. The molecule has 110 valence electrons. The highest BCUT2D eigenvalue weighted by atomic mass is 32.1. The Labute approximate surface area is 125 Å². The highest BCUT2D eigenvalue weighted by molar-refractivity contribution is 7.12. The Hall–Kier alpha value is -2.54. The number of oxime groups is 1. The topological polar surface area (TPSA) is 83.1 Å². The zero-order chi connectivity index (χ0) is 15.2. The molecule has 0 saturated heterocycles. The van der Waals surface area contributed by atoms with Crippen molar-refractivity contribution in [2.45, 2.75) is 0 Å². The minimum absolute atomic E-state index is 0.146. The first-order chi connectivity index (χ1) is 10.1. The fourth-order valence-electron chi connectivity index (χ4n) is 1.54. The van der Waals surface area contributed by atoms with Gasteiger partial charge in [0, 0.05) is 6.07 Å². The fraction of sp³-hybridized carbons (Fsp3) is 0.143. The Morgan fingerprint density at radius 1 is 1.19 bits per heavy atom. The summed E-state index contributed by atoms with van der Waals surface area (Å²) in [6.07, 6.45) is 0. The summed E-state index contributed by atoms with van der Waals surface area (Å²) in [5, 5.41) is 5.48. The molecular formula is C14H14N2O4S. The van der Waals surface area contributed by atoms with Crippen molar-refractivity contribution in [3.8, 4) is 11.5 Å². The van der Waals surface area contributed by atoms with Crippen molar-refractivity contribution in [3.05, 3.63) is 46.2 Å². The van der Waals surface area contributed by atoms with Crippen LogP contribution < -0.4 is 15.2 Å². The lowest BCUT2D eigenvalue weighted by Gasteiger charge is -2.06. The van der Waals surface area contributed by atoms with Crippen molar-refractivity contribution in [3.63, 3.8) is 0 Å².